The Kier molecular flexibility index (Phi) is 5.43. The summed E-state index contributed by atoms with van der Waals surface area (Å²) in [7, 11) is 1.59. The van der Waals surface area contributed by atoms with Crippen LogP contribution in [0, 0.1) is 0 Å². The van der Waals surface area contributed by atoms with E-state index in [4.69, 9.17) is 17.0 Å². The fraction of sp³-hybridized carbons (Fsp3) is 0.611. The zero-order chi connectivity index (χ0) is 16.4. The van der Waals surface area contributed by atoms with Crippen molar-refractivity contribution in [3.63, 3.8) is 0 Å². The van der Waals surface area contributed by atoms with Gasteiger partial charge in [0.25, 0.3) is 0 Å². The van der Waals surface area contributed by atoms with Crippen molar-refractivity contribution < 1.29 is 9.84 Å². The summed E-state index contributed by atoms with van der Waals surface area (Å²) < 4.78 is 5.06. The molecule has 0 aliphatic heterocycles. The van der Waals surface area contributed by atoms with Gasteiger partial charge in [0.15, 0.2) is 5.05 Å². The number of aryl methyl sites for hydroxylation is 1. The summed E-state index contributed by atoms with van der Waals surface area (Å²) in [6.45, 7) is 12.9. The molecule has 0 saturated carbocycles. The van der Waals surface area contributed by atoms with E-state index in [9.17, 15) is 5.11 Å². The molecule has 0 unspecified atom stereocenters. The van der Waals surface area contributed by atoms with Crippen molar-refractivity contribution in [2.75, 3.05) is 7.11 Å². The Labute approximate surface area is 134 Å². The molecular weight excluding hydrogens is 280 g/mol. The molecule has 1 N–H and O–H groups in total. The average Bonchev–Trinajstić information content (AvgIpc) is 2.34. The summed E-state index contributed by atoms with van der Waals surface area (Å²) in [6.07, 6.45) is 1.35. The first-order chi connectivity index (χ1) is 9.46. The second-order valence-corrected chi connectivity index (χ2v) is 8.06. The molecule has 1 aromatic rings. The van der Waals surface area contributed by atoms with E-state index in [1.54, 1.807) is 7.11 Å². The maximum atomic E-state index is 10.6. The minimum Gasteiger partial charge on any atom is -0.507 e. The maximum absolute atomic E-state index is 10.6. The zero-order valence-electron chi connectivity index (χ0n) is 14.3. The molecule has 2 nitrogen and oxygen atoms in total. The molecule has 0 bridgehead atoms. The Hall–Kier alpha value is -1.09. The van der Waals surface area contributed by atoms with Crippen molar-refractivity contribution in [2.24, 2.45) is 0 Å². The number of phenols is 1. The molecule has 0 aliphatic carbocycles. The highest BCUT2D eigenvalue weighted by Gasteiger charge is 2.24. The van der Waals surface area contributed by atoms with Gasteiger partial charge in [-0.15, -0.1) is 0 Å². The SMILES string of the molecule is COC(=S)CCc1cc(C(C)(C)C)cc(C(C)(C)C)c1O. The summed E-state index contributed by atoms with van der Waals surface area (Å²) in [5.74, 6) is 0.398. The molecule has 0 fully saturated rings. The molecule has 1 rings (SSSR count). The van der Waals surface area contributed by atoms with Crippen LogP contribution in [0.1, 0.15) is 64.7 Å². The van der Waals surface area contributed by atoms with E-state index in [2.05, 4.69) is 53.7 Å². The molecular formula is C18H28O2S. The van der Waals surface area contributed by atoms with Crippen LogP contribution in [-0.4, -0.2) is 17.3 Å². The maximum Gasteiger partial charge on any atom is 0.159 e. The lowest BCUT2D eigenvalue weighted by Crippen LogP contribution is -2.17. The van der Waals surface area contributed by atoms with E-state index in [1.165, 1.54) is 5.56 Å². The van der Waals surface area contributed by atoms with Gasteiger partial charge in [-0.1, -0.05) is 53.7 Å². The third kappa shape index (κ3) is 4.70. The highest BCUT2D eigenvalue weighted by Crippen LogP contribution is 2.38. The van der Waals surface area contributed by atoms with E-state index in [1.807, 2.05) is 0 Å². The lowest BCUT2D eigenvalue weighted by atomic mass is 9.78. The van der Waals surface area contributed by atoms with Gasteiger partial charge in [-0.05, 0) is 46.2 Å². The fourth-order valence-electron chi connectivity index (χ4n) is 2.23. The highest BCUT2D eigenvalue weighted by atomic mass is 32.1. The molecule has 0 aromatic heterocycles. The molecule has 0 spiro atoms. The third-order valence-electron chi connectivity index (χ3n) is 3.69. The van der Waals surface area contributed by atoms with Crippen LogP contribution in [0.25, 0.3) is 0 Å². The topological polar surface area (TPSA) is 29.5 Å². The van der Waals surface area contributed by atoms with Crippen LogP contribution >= 0.6 is 12.2 Å². The van der Waals surface area contributed by atoms with Crippen molar-refractivity contribution in [3.05, 3.63) is 28.8 Å². The van der Waals surface area contributed by atoms with E-state index >= 15 is 0 Å². The van der Waals surface area contributed by atoms with Crippen LogP contribution in [0.15, 0.2) is 12.1 Å². The van der Waals surface area contributed by atoms with Crippen LogP contribution < -0.4 is 0 Å². The van der Waals surface area contributed by atoms with Gasteiger partial charge in [0, 0.05) is 6.42 Å². The normalized spacial score (nSPS) is 12.3. The van der Waals surface area contributed by atoms with E-state index in [0.29, 0.717) is 23.6 Å². The molecule has 0 radical (unpaired) electrons. The molecule has 0 aliphatic rings. The molecule has 0 amide bonds. The Morgan fingerprint density at radius 1 is 1.10 bits per heavy atom. The summed E-state index contributed by atoms with van der Waals surface area (Å²) in [5, 5.41) is 11.2. The number of methoxy groups -OCH3 is 1. The number of rotatable bonds is 3. The fourth-order valence-corrected chi connectivity index (χ4v) is 2.33. The number of benzene rings is 1. The van der Waals surface area contributed by atoms with Crippen molar-refractivity contribution in [2.45, 2.75) is 65.2 Å². The summed E-state index contributed by atoms with van der Waals surface area (Å²) in [5.41, 5.74) is 3.13. The van der Waals surface area contributed by atoms with Crippen LogP contribution in [0.2, 0.25) is 0 Å². The first kappa shape index (κ1) is 18.0. The van der Waals surface area contributed by atoms with Gasteiger partial charge >= 0.3 is 0 Å². The Morgan fingerprint density at radius 3 is 2.10 bits per heavy atom. The van der Waals surface area contributed by atoms with Crippen molar-refractivity contribution in [3.8, 4) is 5.75 Å². The van der Waals surface area contributed by atoms with Crippen LogP contribution in [0.5, 0.6) is 5.75 Å². The van der Waals surface area contributed by atoms with E-state index in [0.717, 1.165) is 11.1 Å². The minimum absolute atomic E-state index is 0.0458. The average molecular weight is 308 g/mol. The quantitative estimate of drug-likeness (QED) is 0.806. The Balaban J connectivity index is 3.32. The Morgan fingerprint density at radius 2 is 1.67 bits per heavy atom. The number of thiocarbonyl (C=S) groups is 1. The number of ether oxygens (including phenoxy) is 1. The third-order valence-corrected chi connectivity index (χ3v) is 4.06. The van der Waals surface area contributed by atoms with Gasteiger partial charge in [-0.25, -0.2) is 0 Å². The summed E-state index contributed by atoms with van der Waals surface area (Å²) >= 11 is 5.11. The van der Waals surface area contributed by atoms with E-state index in [-0.39, 0.29) is 10.8 Å². The van der Waals surface area contributed by atoms with Gasteiger partial charge in [0.05, 0.1) is 7.11 Å². The predicted octanol–water partition coefficient (Wildman–Crippen LogP) is 4.89. The number of hydrogen-bond acceptors (Lipinski definition) is 3. The summed E-state index contributed by atoms with van der Waals surface area (Å²) in [6, 6.07) is 4.23. The second-order valence-electron chi connectivity index (χ2n) is 7.61. The molecule has 1 aromatic carbocycles. The first-order valence-electron chi connectivity index (χ1n) is 7.40. The van der Waals surface area contributed by atoms with Gasteiger partial charge in [-0.2, -0.15) is 0 Å². The zero-order valence-corrected chi connectivity index (χ0v) is 15.1. The Bertz CT molecular complexity index is 519. The monoisotopic (exact) mass is 308 g/mol. The van der Waals surface area contributed by atoms with Gasteiger partial charge in [0.1, 0.15) is 5.75 Å². The molecule has 0 heterocycles. The van der Waals surface area contributed by atoms with E-state index < -0.39 is 0 Å². The highest BCUT2D eigenvalue weighted by molar-refractivity contribution is 7.80. The lowest BCUT2D eigenvalue weighted by molar-refractivity contribution is 0.400. The van der Waals surface area contributed by atoms with Gasteiger partial charge < -0.3 is 9.84 Å². The molecule has 118 valence electrons. The molecule has 0 saturated heterocycles. The van der Waals surface area contributed by atoms with Crippen molar-refractivity contribution >= 4 is 17.3 Å². The number of hydrogen-bond donors (Lipinski definition) is 1. The first-order valence-corrected chi connectivity index (χ1v) is 7.81. The predicted molar refractivity (Wildman–Crippen MR) is 93.4 cm³/mol. The van der Waals surface area contributed by atoms with Crippen LogP contribution in [-0.2, 0) is 22.0 Å². The number of phenolic OH excluding ortho intramolecular Hbond substituents is 1. The lowest BCUT2D eigenvalue weighted by Gasteiger charge is -2.27. The van der Waals surface area contributed by atoms with Crippen molar-refractivity contribution in [1.82, 2.24) is 0 Å². The van der Waals surface area contributed by atoms with Crippen molar-refractivity contribution in [1.29, 1.82) is 0 Å². The largest absolute Gasteiger partial charge is 0.507 e. The van der Waals surface area contributed by atoms with Crippen LogP contribution in [0.4, 0.5) is 0 Å². The van der Waals surface area contributed by atoms with Gasteiger partial charge in [-0.3, -0.25) is 0 Å². The summed E-state index contributed by atoms with van der Waals surface area (Å²) in [4.78, 5) is 0. The molecule has 21 heavy (non-hydrogen) atoms. The molecule has 0 atom stereocenters. The van der Waals surface area contributed by atoms with Gasteiger partial charge in [0.2, 0.25) is 0 Å². The standard InChI is InChI=1S/C18H28O2S/c1-17(2,3)13-10-12(8-9-15(21)20-7)16(19)14(11-13)18(4,5)6/h10-11,19H,8-9H2,1-7H3. The molecule has 3 heteroatoms. The van der Waals surface area contributed by atoms with Crippen LogP contribution in [0.3, 0.4) is 0 Å². The smallest absolute Gasteiger partial charge is 0.159 e. The minimum atomic E-state index is -0.0954. The number of aromatic hydroxyl groups is 1. The second kappa shape index (κ2) is 6.35.